The van der Waals surface area contributed by atoms with E-state index in [1.165, 1.54) is 0 Å². The Balaban J connectivity index is 2.76. The second-order valence-corrected chi connectivity index (χ2v) is 7.72. The van der Waals surface area contributed by atoms with Gasteiger partial charge in [0.2, 0.25) is 0 Å². The number of nitrogens with one attached hydrogen (secondary N) is 1. The molecule has 1 atom stereocenters. The second-order valence-electron chi connectivity index (χ2n) is 7.72. The number of phenolic OH excluding ortho intramolecular Hbond substituents is 1. The van der Waals surface area contributed by atoms with E-state index in [0.717, 1.165) is 42.4 Å². The monoisotopic (exact) mass is 431 g/mol. The smallest absolute Gasteiger partial charge is 0.146 e. The highest BCUT2D eigenvalue weighted by atomic mass is 16.3. The Kier molecular flexibility index (Phi) is 9.55. The number of hydrogen-bond acceptors (Lipinski definition) is 4. The molecule has 0 saturated heterocycles. The molecule has 0 aromatic heterocycles. The van der Waals surface area contributed by atoms with Gasteiger partial charge < -0.3 is 15.5 Å². The molecular weight excluding hydrogens is 398 g/mol. The van der Waals surface area contributed by atoms with E-state index >= 15 is 0 Å². The van der Waals surface area contributed by atoms with Crippen LogP contribution in [0.3, 0.4) is 0 Å². The van der Waals surface area contributed by atoms with E-state index in [1.54, 1.807) is 37.3 Å². The van der Waals surface area contributed by atoms with Gasteiger partial charge in [-0.05, 0) is 67.2 Å². The van der Waals surface area contributed by atoms with E-state index in [2.05, 4.69) is 24.0 Å². The van der Waals surface area contributed by atoms with E-state index in [1.807, 2.05) is 43.4 Å². The fourth-order valence-corrected chi connectivity index (χ4v) is 3.63. The Hall–Kier alpha value is -3.53. The number of hydrogen-bond donors (Lipinski definition) is 3. The molecule has 2 rings (SSSR count). The Morgan fingerprint density at radius 1 is 1.19 bits per heavy atom. The van der Waals surface area contributed by atoms with Crippen LogP contribution in [0.25, 0.3) is 0 Å². The van der Waals surface area contributed by atoms with Crippen molar-refractivity contribution in [1.82, 2.24) is 5.32 Å². The zero-order chi connectivity index (χ0) is 23.4. The quantitative estimate of drug-likeness (QED) is 0.163. The third kappa shape index (κ3) is 6.74. The summed E-state index contributed by atoms with van der Waals surface area (Å²) in [6.07, 6.45) is 21.1. The van der Waals surface area contributed by atoms with Gasteiger partial charge in [-0.1, -0.05) is 68.2 Å². The maximum absolute atomic E-state index is 12.0. The van der Waals surface area contributed by atoms with Crippen LogP contribution in [0.2, 0.25) is 0 Å². The van der Waals surface area contributed by atoms with Gasteiger partial charge in [0.1, 0.15) is 12.0 Å². The molecule has 0 heterocycles. The molecule has 1 aromatic rings. The van der Waals surface area contributed by atoms with Gasteiger partial charge in [0.15, 0.2) is 0 Å². The number of aromatic hydroxyl groups is 1. The predicted octanol–water partition coefficient (Wildman–Crippen LogP) is 6.47. The summed E-state index contributed by atoms with van der Waals surface area (Å²) in [7, 11) is 0. The van der Waals surface area contributed by atoms with Crippen LogP contribution < -0.4 is 5.32 Å². The molecule has 0 aliphatic heterocycles. The van der Waals surface area contributed by atoms with Gasteiger partial charge in [0.05, 0.1) is 11.3 Å². The molecule has 1 unspecified atom stereocenters. The number of benzene rings is 1. The topological polar surface area (TPSA) is 69.6 Å². The molecule has 0 amide bonds. The van der Waals surface area contributed by atoms with Crippen LogP contribution in [0.1, 0.15) is 45.1 Å². The normalized spacial score (nSPS) is 17.1. The van der Waals surface area contributed by atoms with Gasteiger partial charge >= 0.3 is 0 Å². The van der Waals surface area contributed by atoms with Crippen LogP contribution in [0.5, 0.6) is 5.75 Å². The summed E-state index contributed by atoms with van der Waals surface area (Å²) >= 11 is 0. The third-order valence-corrected chi connectivity index (χ3v) is 5.23. The zero-order valence-corrected chi connectivity index (χ0v) is 18.9. The maximum Gasteiger partial charge on any atom is 0.146 e. The minimum Gasteiger partial charge on any atom is -0.513 e. The molecular formula is C28H33NO3. The van der Waals surface area contributed by atoms with Gasteiger partial charge in [-0.15, -0.1) is 0 Å². The van der Waals surface area contributed by atoms with Crippen molar-refractivity contribution in [3.05, 3.63) is 114 Å². The third-order valence-electron chi connectivity index (χ3n) is 5.23. The van der Waals surface area contributed by atoms with Crippen LogP contribution in [-0.2, 0) is 10.3 Å². The van der Waals surface area contributed by atoms with Crippen LogP contribution in [-0.4, -0.2) is 16.5 Å². The molecule has 4 heteroatoms. The SMILES string of the molecule is C=C/C(=C\C=C(/C)O)C(C/C(C=O)=C\C=C/CC)(NC1=CCCC=C1)c1ccc(O)cc1. The first-order valence-corrected chi connectivity index (χ1v) is 10.9. The lowest BCUT2D eigenvalue weighted by molar-refractivity contribution is -0.105. The Labute approximate surface area is 191 Å². The van der Waals surface area contributed by atoms with E-state index in [9.17, 15) is 15.0 Å². The van der Waals surface area contributed by atoms with Crippen LogP contribution in [0.15, 0.2) is 108 Å². The number of phenols is 1. The fourth-order valence-electron chi connectivity index (χ4n) is 3.63. The largest absolute Gasteiger partial charge is 0.513 e. The summed E-state index contributed by atoms with van der Waals surface area (Å²) < 4.78 is 0. The molecule has 0 fully saturated rings. The van der Waals surface area contributed by atoms with Crippen molar-refractivity contribution in [3.8, 4) is 5.75 Å². The molecule has 0 spiro atoms. The number of aldehydes is 1. The predicted molar refractivity (Wildman–Crippen MR) is 132 cm³/mol. The van der Waals surface area contributed by atoms with Crippen molar-refractivity contribution in [3.63, 3.8) is 0 Å². The standard InChI is InChI=1S/C28H33NO3/c1-4-6-8-11-23(21-30)20-28(24(5-2)15-14-22(3)31,25-16-18-27(32)19-17-25)29-26-12-9-7-10-13-26/h5-6,8-9,11-19,21,29,31-32H,2,4,7,10,20H2,1,3H3/b8-6-,22-14+,23-11+,24-15+. The van der Waals surface area contributed by atoms with E-state index in [0.29, 0.717) is 12.0 Å². The fraction of sp³-hybridized carbons (Fsp3) is 0.250. The lowest BCUT2D eigenvalue weighted by Crippen LogP contribution is -2.43. The summed E-state index contributed by atoms with van der Waals surface area (Å²) in [5.74, 6) is 0.324. The highest BCUT2D eigenvalue weighted by Crippen LogP contribution is 2.38. The average Bonchev–Trinajstić information content (AvgIpc) is 2.79. The second kappa shape index (κ2) is 12.4. The van der Waals surface area contributed by atoms with Gasteiger partial charge in [-0.25, -0.2) is 0 Å². The van der Waals surface area contributed by atoms with Crippen LogP contribution >= 0.6 is 0 Å². The lowest BCUT2D eigenvalue weighted by atomic mass is 9.76. The van der Waals surface area contributed by atoms with Crippen molar-refractivity contribution in [1.29, 1.82) is 0 Å². The van der Waals surface area contributed by atoms with E-state index in [4.69, 9.17) is 0 Å². The Morgan fingerprint density at radius 2 is 1.94 bits per heavy atom. The highest BCUT2D eigenvalue weighted by molar-refractivity contribution is 5.75. The maximum atomic E-state index is 12.0. The molecule has 1 aliphatic carbocycles. The van der Waals surface area contributed by atoms with Gasteiger partial charge in [0, 0.05) is 12.1 Å². The summed E-state index contributed by atoms with van der Waals surface area (Å²) in [5.41, 5.74) is 2.33. The van der Waals surface area contributed by atoms with E-state index < -0.39 is 5.54 Å². The molecule has 0 bridgehead atoms. The molecule has 168 valence electrons. The zero-order valence-electron chi connectivity index (χ0n) is 18.9. The molecule has 32 heavy (non-hydrogen) atoms. The minimum atomic E-state index is -0.859. The summed E-state index contributed by atoms with van der Waals surface area (Å²) in [5, 5.41) is 23.3. The van der Waals surface area contributed by atoms with Crippen molar-refractivity contribution in [2.24, 2.45) is 0 Å². The summed E-state index contributed by atoms with van der Waals surface area (Å²) in [6, 6.07) is 6.94. The van der Waals surface area contributed by atoms with Crippen LogP contribution in [0.4, 0.5) is 0 Å². The van der Waals surface area contributed by atoms with Crippen molar-refractivity contribution >= 4 is 6.29 Å². The minimum absolute atomic E-state index is 0.159. The number of aliphatic hydroxyl groups is 1. The number of carbonyl (C=O) groups is 1. The van der Waals surface area contributed by atoms with Gasteiger partial charge in [-0.2, -0.15) is 0 Å². The first-order chi connectivity index (χ1) is 15.4. The number of aliphatic hydroxyl groups excluding tert-OH is 1. The molecule has 3 N–H and O–H groups in total. The Morgan fingerprint density at radius 3 is 2.50 bits per heavy atom. The van der Waals surface area contributed by atoms with E-state index in [-0.39, 0.29) is 11.5 Å². The molecule has 0 radical (unpaired) electrons. The van der Waals surface area contributed by atoms with Crippen molar-refractivity contribution in [2.45, 2.75) is 45.1 Å². The number of rotatable bonds is 11. The average molecular weight is 432 g/mol. The summed E-state index contributed by atoms with van der Waals surface area (Å²) in [4.78, 5) is 12.0. The van der Waals surface area contributed by atoms with Crippen molar-refractivity contribution < 1.29 is 15.0 Å². The first kappa shape index (κ1) is 24.7. The molecule has 4 nitrogen and oxygen atoms in total. The number of allylic oxidation sites excluding steroid dienone is 9. The number of carbonyl (C=O) groups excluding carboxylic acids is 1. The lowest BCUT2D eigenvalue weighted by Gasteiger charge is -2.39. The van der Waals surface area contributed by atoms with Gasteiger partial charge in [0.25, 0.3) is 0 Å². The Bertz CT molecular complexity index is 970. The molecule has 1 aromatic carbocycles. The van der Waals surface area contributed by atoms with Gasteiger partial charge in [-0.3, -0.25) is 4.79 Å². The summed E-state index contributed by atoms with van der Waals surface area (Å²) in [6.45, 7) is 7.66. The molecule has 1 aliphatic rings. The van der Waals surface area contributed by atoms with Crippen LogP contribution in [0, 0.1) is 0 Å². The highest BCUT2D eigenvalue weighted by Gasteiger charge is 2.36. The van der Waals surface area contributed by atoms with Crippen molar-refractivity contribution in [2.75, 3.05) is 0 Å². The molecule has 0 saturated carbocycles. The first-order valence-electron chi connectivity index (χ1n) is 10.9.